The second kappa shape index (κ2) is 8.19. The number of ether oxygens (including phenoxy) is 2. The molecular weight excluding hydrogens is 343 g/mol. The predicted molar refractivity (Wildman–Crippen MR) is 80.0 cm³/mol. The minimum absolute atomic E-state index is 0.100. The van der Waals surface area contributed by atoms with Gasteiger partial charge in [0, 0.05) is 19.3 Å². The number of alkyl halides is 3. The molecule has 25 heavy (non-hydrogen) atoms. The zero-order chi connectivity index (χ0) is 18.4. The monoisotopic (exact) mass is 361 g/mol. The van der Waals surface area contributed by atoms with E-state index in [1.165, 1.54) is 17.0 Å². The molecule has 0 spiro atoms. The number of carbonyl (C=O) groups is 2. The Morgan fingerprint density at radius 3 is 2.32 bits per heavy atom. The molecule has 0 saturated carbocycles. The standard InChI is InChI=1S/C16H18F3NO5/c17-16(18,19)25-13-3-1-11(2-4-13)9-14(21)20(10-15(22)23)12-5-7-24-8-6-12/h1-4,12H,5-10H2,(H,22,23). The summed E-state index contributed by atoms with van der Waals surface area (Å²) < 4.78 is 45.4. The van der Waals surface area contributed by atoms with E-state index in [2.05, 4.69) is 4.74 Å². The summed E-state index contributed by atoms with van der Waals surface area (Å²) in [7, 11) is 0. The number of hydrogen-bond acceptors (Lipinski definition) is 4. The van der Waals surface area contributed by atoms with Crippen LogP contribution >= 0.6 is 0 Å². The molecule has 2 rings (SSSR count). The van der Waals surface area contributed by atoms with Crippen LogP contribution in [0.15, 0.2) is 24.3 Å². The smallest absolute Gasteiger partial charge is 0.480 e. The van der Waals surface area contributed by atoms with E-state index in [9.17, 15) is 22.8 Å². The molecule has 1 aliphatic rings. The number of carbonyl (C=O) groups excluding carboxylic acids is 1. The van der Waals surface area contributed by atoms with Gasteiger partial charge in [0.1, 0.15) is 12.3 Å². The van der Waals surface area contributed by atoms with E-state index in [1.54, 1.807) is 0 Å². The minimum atomic E-state index is -4.78. The van der Waals surface area contributed by atoms with Crippen LogP contribution in [0.5, 0.6) is 5.75 Å². The van der Waals surface area contributed by atoms with Crippen molar-refractivity contribution in [2.75, 3.05) is 19.8 Å². The van der Waals surface area contributed by atoms with Crippen molar-refractivity contribution in [1.29, 1.82) is 0 Å². The summed E-state index contributed by atoms with van der Waals surface area (Å²) in [5.41, 5.74) is 0.474. The zero-order valence-corrected chi connectivity index (χ0v) is 13.3. The van der Waals surface area contributed by atoms with Gasteiger partial charge < -0.3 is 19.5 Å². The van der Waals surface area contributed by atoms with Gasteiger partial charge in [-0.1, -0.05) is 12.1 Å². The van der Waals surface area contributed by atoms with E-state index >= 15 is 0 Å². The van der Waals surface area contributed by atoms with Gasteiger partial charge in [0.15, 0.2) is 0 Å². The van der Waals surface area contributed by atoms with E-state index in [-0.39, 0.29) is 18.2 Å². The number of halogens is 3. The van der Waals surface area contributed by atoms with E-state index in [1.807, 2.05) is 0 Å². The lowest BCUT2D eigenvalue weighted by molar-refractivity contribution is -0.274. The maximum absolute atomic E-state index is 12.5. The van der Waals surface area contributed by atoms with Crippen LogP contribution in [-0.2, 0) is 20.7 Å². The van der Waals surface area contributed by atoms with Gasteiger partial charge in [0.25, 0.3) is 0 Å². The van der Waals surface area contributed by atoms with Crippen LogP contribution in [0.3, 0.4) is 0 Å². The van der Waals surface area contributed by atoms with Crippen molar-refractivity contribution >= 4 is 11.9 Å². The predicted octanol–water partition coefficient (Wildman–Crippen LogP) is 2.22. The highest BCUT2D eigenvalue weighted by Crippen LogP contribution is 2.23. The lowest BCUT2D eigenvalue weighted by Crippen LogP contribution is -2.46. The molecule has 9 heteroatoms. The Morgan fingerprint density at radius 1 is 1.20 bits per heavy atom. The summed E-state index contributed by atoms with van der Waals surface area (Å²) in [6, 6.07) is 4.72. The summed E-state index contributed by atoms with van der Waals surface area (Å²) in [5, 5.41) is 9.03. The third kappa shape index (κ3) is 6.26. The van der Waals surface area contributed by atoms with E-state index in [0.29, 0.717) is 31.6 Å². The van der Waals surface area contributed by atoms with Gasteiger partial charge in [0.05, 0.1) is 6.42 Å². The number of benzene rings is 1. The molecule has 1 heterocycles. The highest BCUT2D eigenvalue weighted by molar-refractivity contribution is 5.83. The molecule has 1 N–H and O–H groups in total. The first-order chi connectivity index (χ1) is 11.7. The third-order valence-corrected chi connectivity index (χ3v) is 3.77. The fourth-order valence-corrected chi connectivity index (χ4v) is 2.65. The van der Waals surface area contributed by atoms with Crippen LogP contribution in [0.2, 0.25) is 0 Å². The molecule has 1 aliphatic heterocycles. The SMILES string of the molecule is O=C(O)CN(C(=O)Cc1ccc(OC(F)(F)F)cc1)C1CCOCC1. The molecule has 1 aromatic carbocycles. The second-order valence-electron chi connectivity index (χ2n) is 5.63. The van der Waals surface area contributed by atoms with Gasteiger partial charge in [-0.05, 0) is 30.5 Å². The summed E-state index contributed by atoms with van der Waals surface area (Å²) in [6.07, 6.45) is -3.77. The number of carboxylic acid groups (broad SMARTS) is 1. The molecule has 0 aliphatic carbocycles. The molecule has 1 aromatic rings. The van der Waals surface area contributed by atoms with E-state index < -0.39 is 24.8 Å². The molecule has 1 saturated heterocycles. The van der Waals surface area contributed by atoms with Gasteiger partial charge in [-0.25, -0.2) is 0 Å². The molecule has 1 amide bonds. The van der Waals surface area contributed by atoms with Crippen molar-refractivity contribution in [1.82, 2.24) is 4.90 Å². The summed E-state index contributed by atoms with van der Waals surface area (Å²) in [6.45, 7) is 0.494. The van der Waals surface area contributed by atoms with Crippen LogP contribution in [0.25, 0.3) is 0 Å². The Morgan fingerprint density at radius 2 is 1.80 bits per heavy atom. The summed E-state index contributed by atoms with van der Waals surface area (Å²) in [4.78, 5) is 24.8. The molecule has 0 aromatic heterocycles. The van der Waals surface area contributed by atoms with Crippen molar-refractivity contribution in [3.05, 3.63) is 29.8 Å². The normalized spacial score (nSPS) is 15.6. The Hall–Kier alpha value is -2.29. The number of amides is 1. The highest BCUT2D eigenvalue weighted by Gasteiger charge is 2.31. The molecule has 6 nitrogen and oxygen atoms in total. The highest BCUT2D eigenvalue weighted by atomic mass is 19.4. The first kappa shape index (κ1) is 19.0. The fourth-order valence-electron chi connectivity index (χ4n) is 2.65. The van der Waals surface area contributed by atoms with Gasteiger partial charge in [-0.2, -0.15) is 0 Å². The van der Waals surface area contributed by atoms with Crippen molar-refractivity contribution < 1.29 is 37.3 Å². The van der Waals surface area contributed by atoms with Gasteiger partial charge in [-0.3, -0.25) is 9.59 Å². The van der Waals surface area contributed by atoms with Crippen molar-refractivity contribution in [3.63, 3.8) is 0 Å². The Bertz CT molecular complexity index is 597. The number of rotatable bonds is 6. The number of hydrogen-bond donors (Lipinski definition) is 1. The van der Waals surface area contributed by atoms with Gasteiger partial charge >= 0.3 is 12.3 Å². The van der Waals surface area contributed by atoms with Crippen LogP contribution in [0.1, 0.15) is 18.4 Å². The van der Waals surface area contributed by atoms with Crippen LogP contribution in [0.4, 0.5) is 13.2 Å². The minimum Gasteiger partial charge on any atom is -0.480 e. The molecule has 0 atom stereocenters. The first-order valence-electron chi connectivity index (χ1n) is 7.68. The molecule has 138 valence electrons. The van der Waals surface area contributed by atoms with Gasteiger partial charge in [0.2, 0.25) is 5.91 Å². The lowest BCUT2D eigenvalue weighted by Gasteiger charge is -2.33. The third-order valence-electron chi connectivity index (χ3n) is 3.77. The Kier molecular flexibility index (Phi) is 6.24. The zero-order valence-electron chi connectivity index (χ0n) is 13.3. The van der Waals surface area contributed by atoms with Crippen LogP contribution in [0, 0.1) is 0 Å². The van der Waals surface area contributed by atoms with Crippen molar-refractivity contribution in [2.45, 2.75) is 31.7 Å². The Labute approximate surface area is 142 Å². The van der Waals surface area contributed by atoms with Crippen molar-refractivity contribution in [3.8, 4) is 5.75 Å². The summed E-state index contributed by atoms with van der Waals surface area (Å²) in [5.74, 6) is -1.89. The Balaban J connectivity index is 2.02. The quantitative estimate of drug-likeness (QED) is 0.841. The fraction of sp³-hybridized carbons (Fsp3) is 0.500. The van der Waals surface area contributed by atoms with E-state index in [0.717, 1.165) is 12.1 Å². The van der Waals surface area contributed by atoms with Crippen LogP contribution in [-0.4, -0.2) is 54.0 Å². The maximum atomic E-state index is 12.5. The number of nitrogens with zero attached hydrogens (tertiary/aromatic N) is 1. The number of aliphatic carboxylic acids is 1. The molecule has 0 radical (unpaired) electrons. The maximum Gasteiger partial charge on any atom is 0.573 e. The largest absolute Gasteiger partial charge is 0.573 e. The summed E-state index contributed by atoms with van der Waals surface area (Å²) >= 11 is 0. The molecule has 0 bridgehead atoms. The molecular formula is C16H18F3NO5. The number of carboxylic acids is 1. The molecule has 0 unspecified atom stereocenters. The average Bonchev–Trinajstić information content (AvgIpc) is 2.53. The lowest BCUT2D eigenvalue weighted by atomic mass is 10.0. The topological polar surface area (TPSA) is 76.1 Å². The van der Waals surface area contributed by atoms with Crippen LogP contribution < -0.4 is 4.74 Å². The van der Waals surface area contributed by atoms with E-state index in [4.69, 9.17) is 9.84 Å². The molecule has 1 fully saturated rings. The first-order valence-corrected chi connectivity index (χ1v) is 7.68. The average molecular weight is 361 g/mol. The van der Waals surface area contributed by atoms with Gasteiger partial charge in [-0.15, -0.1) is 13.2 Å². The van der Waals surface area contributed by atoms with Crippen molar-refractivity contribution in [2.24, 2.45) is 0 Å². The second-order valence-corrected chi connectivity index (χ2v) is 5.63.